The second-order valence-electron chi connectivity index (χ2n) is 5.58. The van der Waals surface area contributed by atoms with Crippen molar-refractivity contribution in [3.63, 3.8) is 0 Å². The zero-order valence-corrected chi connectivity index (χ0v) is 12.3. The van der Waals surface area contributed by atoms with Crippen LogP contribution in [-0.4, -0.2) is 87.7 Å². The molecule has 0 aromatic heterocycles. The molecule has 0 N–H and O–H groups in total. The topological polar surface area (TPSA) is 34.2 Å². The minimum absolute atomic E-state index is 0.286. The van der Waals surface area contributed by atoms with Crippen LogP contribution in [0.1, 0.15) is 13.8 Å². The molecule has 2 rings (SSSR count). The van der Waals surface area contributed by atoms with Crippen LogP contribution in [0.4, 0.5) is 0 Å². The zero-order chi connectivity index (χ0) is 13.5. The lowest BCUT2D eigenvalue weighted by Crippen LogP contribution is -2.44. The molecule has 112 valence electrons. The first-order valence-electron chi connectivity index (χ1n) is 7.49. The van der Waals surface area contributed by atoms with Crippen molar-refractivity contribution in [1.29, 1.82) is 0 Å². The molecule has 0 saturated carbocycles. The van der Waals surface area contributed by atoms with Crippen LogP contribution in [0.5, 0.6) is 0 Å². The van der Waals surface area contributed by atoms with Crippen LogP contribution in [0.25, 0.3) is 0 Å². The summed E-state index contributed by atoms with van der Waals surface area (Å²) < 4.78 is 16.8. The minimum Gasteiger partial charge on any atom is -0.379 e. The molecule has 5 nitrogen and oxygen atoms in total. The van der Waals surface area contributed by atoms with Crippen LogP contribution in [0.15, 0.2) is 0 Å². The van der Waals surface area contributed by atoms with Crippen LogP contribution in [-0.2, 0) is 14.2 Å². The summed E-state index contributed by atoms with van der Waals surface area (Å²) >= 11 is 0. The lowest BCUT2D eigenvalue weighted by atomic mass is 10.3. The Morgan fingerprint density at radius 3 is 1.53 bits per heavy atom. The third kappa shape index (κ3) is 5.75. The fraction of sp³-hybridized carbons (Fsp3) is 1.00. The number of hydrogen-bond acceptors (Lipinski definition) is 5. The minimum atomic E-state index is 0.286. The van der Waals surface area contributed by atoms with Gasteiger partial charge in [-0.2, -0.15) is 0 Å². The van der Waals surface area contributed by atoms with Gasteiger partial charge in [0.2, 0.25) is 0 Å². The Morgan fingerprint density at radius 2 is 1.16 bits per heavy atom. The molecule has 2 aliphatic rings. The smallest absolute Gasteiger partial charge is 0.0678 e. The van der Waals surface area contributed by atoms with E-state index in [4.69, 9.17) is 14.2 Å². The Hall–Kier alpha value is -0.200. The van der Waals surface area contributed by atoms with Gasteiger partial charge in [-0.15, -0.1) is 0 Å². The van der Waals surface area contributed by atoms with Crippen LogP contribution >= 0.6 is 0 Å². The summed E-state index contributed by atoms with van der Waals surface area (Å²) in [5, 5.41) is 0. The van der Waals surface area contributed by atoms with Crippen LogP contribution in [0.3, 0.4) is 0 Å². The van der Waals surface area contributed by atoms with Crippen molar-refractivity contribution >= 4 is 0 Å². The van der Waals surface area contributed by atoms with Gasteiger partial charge in [0.1, 0.15) is 0 Å². The standard InChI is InChI=1S/C14H28N2O3/c1-13(11-15-3-7-17-8-4-15)19-14(2)12-16-5-9-18-10-6-16/h13-14H,3-12H2,1-2H3. The molecule has 0 spiro atoms. The van der Waals surface area contributed by atoms with Gasteiger partial charge in [-0.1, -0.05) is 0 Å². The molecule has 5 heteroatoms. The number of nitrogens with zero attached hydrogens (tertiary/aromatic N) is 2. The number of hydrogen-bond donors (Lipinski definition) is 0. The van der Waals surface area contributed by atoms with Crippen LogP contribution in [0, 0.1) is 0 Å². The van der Waals surface area contributed by atoms with Crippen molar-refractivity contribution in [2.75, 3.05) is 65.7 Å². The highest BCUT2D eigenvalue weighted by atomic mass is 16.5. The van der Waals surface area contributed by atoms with Crippen molar-refractivity contribution in [2.45, 2.75) is 26.1 Å². The van der Waals surface area contributed by atoms with Gasteiger partial charge in [-0.25, -0.2) is 0 Å². The molecule has 2 aliphatic heterocycles. The highest BCUT2D eigenvalue weighted by molar-refractivity contribution is 4.69. The molecule has 2 fully saturated rings. The van der Waals surface area contributed by atoms with Gasteiger partial charge >= 0.3 is 0 Å². The second-order valence-corrected chi connectivity index (χ2v) is 5.58. The highest BCUT2D eigenvalue weighted by Crippen LogP contribution is 2.06. The Bertz CT molecular complexity index is 217. The van der Waals surface area contributed by atoms with Crippen LogP contribution in [0.2, 0.25) is 0 Å². The number of rotatable bonds is 6. The van der Waals surface area contributed by atoms with E-state index in [0.29, 0.717) is 0 Å². The lowest BCUT2D eigenvalue weighted by Gasteiger charge is -2.32. The molecule has 0 amide bonds. The summed E-state index contributed by atoms with van der Waals surface area (Å²) in [6.45, 7) is 13.9. The molecule has 2 unspecified atom stereocenters. The summed E-state index contributed by atoms with van der Waals surface area (Å²) in [6, 6.07) is 0. The summed E-state index contributed by atoms with van der Waals surface area (Å²) in [6.07, 6.45) is 0.572. The maximum absolute atomic E-state index is 6.09. The average Bonchev–Trinajstić information content (AvgIpc) is 2.40. The highest BCUT2D eigenvalue weighted by Gasteiger charge is 2.18. The Kier molecular flexibility index (Phi) is 6.53. The normalized spacial score (nSPS) is 26.2. The predicted molar refractivity (Wildman–Crippen MR) is 74.5 cm³/mol. The molecular weight excluding hydrogens is 244 g/mol. The van der Waals surface area contributed by atoms with Crippen molar-refractivity contribution in [3.8, 4) is 0 Å². The molecule has 0 aliphatic carbocycles. The summed E-state index contributed by atoms with van der Waals surface area (Å²) in [5.74, 6) is 0. The first-order valence-corrected chi connectivity index (χ1v) is 7.49. The van der Waals surface area contributed by atoms with E-state index in [-0.39, 0.29) is 12.2 Å². The molecule has 0 aromatic rings. The second kappa shape index (κ2) is 8.17. The van der Waals surface area contributed by atoms with E-state index >= 15 is 0 Å². The summed E-state index contributed by atoms with van der Waals surface area (Å²) in [5.41, 5.74) is 0. The van der Waals surface area contributed by atoms with Gasteiger partial charge in [-0.3, -0.25) is 9.80 Å². The third-order valence-corrected chi connectivity index (χ3v) is 3.70. The third-order valence-electron chi connectivity index (χ3n) is 3.70. The van der Waals surface area contributed by atoms with Gasteiger partial charge < -0.3 is 14.2 Å². The molecule has 0 radical (unpaired) electrons. The predicted octanol–water partition coefficient (Wildman–Crippen LogP) is 0.444. The van der Waals surface area contributed by atoms with E-state index in [2.05, 4.69) is 23.6 Å². The maximum Gasteiger partial charge on any atom is 0.0678 e. The van der Waals surface area contributed by atoms with Gasteiger partial charge in [0, 0.05) is 39.3 Å². The van der Waals surface area contributed by atoms with Crippen molar-refractivity contribution in [3.05, 3.63) is 0 Å². The lowest BCUT2D eigenvalue weighted by molar-refractivity contribution is -0.0516. The van der Waals surface area contributed by atoms with E-state index in [1.807, 2.05) is 0 Å². The fourth-order valence-electron chi connectivity index (χ4n) is 2.78. The zero-order valence-electron chi connectivity index (χ0n) is 12.3. The molecular formula is C14H28N2O3. The Labute approximate surface area is 116 Å². The first-order chi connectivity index (χ1) is 9.24. The molecule has 0 aromatic carbocycles. The van der Waals surface area contributed by atoms with Gasteiger partial charge in [0.15, 0.2) is 0 Å². The number of morpholine rings is 2. The van der Waals surface area contributed by atoms with Crippen molar-refractivity contribution < 1.29 is 14.2 Å². The number of ether oxygens (including phenoxy) is 3. The Balaban J connectivity index is 1.61. The van der Waals surface area contributed by atoms with Gasteiger partial charge in [0.25, 0.3) is 0 Å². The quantitative estimate of drug-likeness (QED) is 0.701. The van der Waals surface area contributed by atoms with Gasteiger partial charge in [-0.05, 0) is 13.8 Å². The van der Waals surface area contributed by atoms with Crippen molar-refractivity contribution in [1.82, 2.24) is 9.80 Å². The molecule has 19 heavy (non-hydrogen) atoms. The van der Waals surface area contributed by atoms with E-state index < -0.39 is 0 Å². The van der Waals surface area contributed by atoms with E-state index in [1.54, 1.807) is 0 Å². The monoisotopic (exact) mass is 272 g/mol. The molecule has 2 saturated heterocycles. The molecule has 0 bridgehead atoms. The van der Waals surface area contributed by atoms with E-state index in [9.17, 15) is 0 Å². The molecule has 2 atom stereocenters. The Morgan fingerprint density at radius 1 is 0.789 bits per heavy atom. The van der Waals surface area contributed by atoms with Crippen molar-refractivity contribution in [2.24, 2.45) is 0 Å². The summed E-state index contributed by atoms with van der Waals surface area (Å²) in [7, 11) is 0. The van der Waals surface area contributed by atoms with E-state index in [0.717, 1.165) is 65.7 Å². The van der Waals surface area contributed by atoms with E-state index in [1.165, 1.54) is 0 Å². The SMILES string of the molecule is CC(CN1CCOCC1)OC(C)CN1CCOCC1. The van der Waals surface area contributed by atoms with Crippen LogP contribution < -0.4 is 0 Å². The fourth-order valence-corrected chi connectivity index (χ4v) is 2.78. The average molecular weight is 272 g/mol. The first kappa shape index (κ1) is 15.2. The molecule has 2 heterocycles. The largest absolute Gasteiger partial charge is 0.379 e. The summed E-state index contributed by atoms with van der Waals surface area (Å²) in [4.78, 5) is 4.85. The maximum atomic E-state index is 6.09. The van der Waals surface area contributed by atoms with Gasteiger partial charge in [0.05, 0.1) is 38.6 Å².